The highest BCUT2D eigenvalue weighted by Gasteiger charge is 2.19. The molecule has 0 aliphatic carbocycles. The van der Waals surface area contributed by atoms with E-state index in [-0.39, 0.29) is 11.7 Å². The summed E-state index contributed by atoms with van der Waals surface area (Å²) in [4.78, 5) is 24.8. The molecule has 0 radical (unpaired) electrons. The minimum absolute atomic E-state index is 0.151. The van der Waals surface area contributed by atoms with Crippen molar-refractivity contribution in [3.63, 3.8) is 0 Å². The van der Waals surface area contributed by atoms with Gasteiger partial charge in [-0.05, 0) is 30.3 Å². The molecule has 0 unspecified atom stereocenters. The van der Waals surface area contributed by atoms with Crippen LogP contribution in [0.2, 0.25) is 4.34 Å². The smallest absolute Gasteiger partial charge is 0.255 e. The molecule has 1 amide bonds. The van der Waals surface area contributed by atoms with Crippen LogP contribution >= 0.6 is 22.9 Å². The van der Waals surface area contributed by atoms with Crippen molar-refractivity contribution in [2.45, 2.75) is 0 Å². The first-order valence-corrected chi connectivity index (χ1v) is 7.20. The third-order valence-electron chi connectivity index (χ3n) is 2.93. The molecule has 20 heavy (non-hydrogen) atoms. The predicted molar refractivity (Wildman–Crippen MR) is 77.0 cm³/mol. The number of carbonyl (C=O) groups excluding carboxylic acids is 2. The molecular formula is C14H10ClNO3S. The van der Waals surface area contributed by atoms with Gasteiger partial charge < -0.3 is 10.1 Å². The van der Waals surface area contributed by atoms with E-state index in [0.717, 1.165) is 0 Å². The second-order valence-electron chi connectivity index (χ2n) is 4.25. The lowest BCUT2D eigenvalue weighted by atomic mass is 10.0. The van der Waals surface area contributed by atoms with Crippen molar-refractivity contribution >= 4 is 34.6 Å². The standard InChI is InChI=1S/C14H10ClNO3S/c15-12-4-3-11(20-12)13(17)8-1-2-10-9(7-8)14(18)16-5-6-19-10/h1-4,7H,5-6H2,(H,16,18). The number of rotatable bonds is 2. The molecule has 0 fully saturated rings. The first kappa shape index (κ1) is 13.1. The maximum atomic E-state index is 12.3. The maximum Gasteiger partial charge on any atom is 0.255 e. The Morgan fingerprint density at radius 3 is 2.90 bits per heavy atom. The summed E-state index contributed by atoms with van der Waals surface area (Å²) in [5, 5.41) is 2.72. The van der Waals surface area contributed by atoms with Crippen molar-refractivity contribution in [2.24, 2.45) is 0 Å². The number of benzene rings is 1. The lowest BCUT2D eigenvalue weighted by Crippen LogP contribution is -2.24. The van der Waals surface area contributed by atoms with Crippen LogP contribution in [0.1, 0.15) is 25.6 Å². The number of halogens is 1. The fourth-order valence-corrected chi connectivity index (χ4v) is 2.98. The summed E-state index contributed by atoms with van der Waals surface area (Å²) in [6.07, 6.45) is 0. The third-order valence-corrected chi connectivity index (χ3v) is 4.16. The number of fused-ring (bicyclic) bond motifs is 1. The SMILES string of the molecule is O=C(c1ccc2c(c1)C(=O)NCCO2)c1ccc(Cl)s1. The van der Waals surface area contributed by atoms with E-state index in [0.29, 0.717) is 39.2 Å². The van der Waals surface area contributed by atoms with Crippen LogP contribution < -0.4 is 10.1 Å². The summed E-state index contributed by atoms with van der Waals surface area (Å²) in [6.45, 7) is 0.879. The van der Waals surface area contributed by atoms with Crippen LogP contribution in [0.5, 0.6) is 5.75 Å². The van der Waals surface area contributed by atoms with Crippen molar-refractivity contribution < 1.29 is 14.3 Å². The summed E-state index contributed by atoms with van der Waals surface area (Å²) in [7, 11) is 0. The van der Waals surface area contributed by atoms with Gasteiger partial charge in [0.15, 0.2) is 0 Å². The Bertz CT molecular complexity index is 695. The molecular weight excluding hydrogens is 298 g/mol. The number of thiophene rings is 1. The Hall–Kier alpha value is -1.85. The Balaban J connectivity index is 1.99. The normalized spacial score (nSPS) is 13.9. The van der Waals surface area contributed by atoms with Crippen LogP contribution in [0.3, 0.4) is 0 Å². The maximum absolute atomic E-state index is 12.3. The van der Waals surface area contributed by atoms with Crippen LogP contribution in [0.4, 0.5) is 0 Å². The molecule has 4 nitrogen and oxygen atoms in total. The summed E-state index contributed by atoms with van der Waals surface area (Å²) in [5.41, 5.74) is 0.832. The minimum Gasteiger partial charge on any atom is -0.491 e. The molecule has 0 saturated heterocycles. The second kappa shape index (κ2) is 5.26. The van der Waals surface area contributed by atoms with E-state index in [9.17, 15) is 9.59 Å². The molecule has 1 aromatic carbocycles. The number of nitrogens with one attached hydrogen (secondary N) is 1. The summed E-state index contributed by atoms with van der Waals surface area (Å²) in [6, 6.07) is 8.23. The van der Waals surface area contributed by atoms with Crippen molar-refractivity contribution in [3.8, 4) is 5.75 Å². The van der Waals surface area contributed by atoms with E-state index in [1.54, 1.807) is 30.3 Å². The molecule has 6 heteroatoms. The van der Waals surface area contributed by atoms with E-state index in [2.05, 4.69) is 5.32 Å². The highest BCUT2D eigenvalue weighted by Crippen LogP contribution is 2.27. The number of ether oxygens (including phenoxy) is 1. The van der Waals surface area contributed by atoms with E-state index >= 15 is 0 Å². The van der Waals surface area contributed by atoms with Crippen LogP contribution in [0.15, 0.2) is 30.3 Å². The Morgan fingerprint density at radius 1 is 1.30 bits per heavy atom. The number of carbonyl (C=O) groups is 2. The summed E-state index contributed by atoms with van der Waals surface area (Å²) < 4.78 is 6.01. The van der Waals surface area contributed by atoms with Gasteiger partial charge in [0.25, 0.3) is 5.91 Å². The number of amides is 1. The van der Waals surface area contributed by atoms with E-state index in [4.69, 9.17) is 16.3 Å². The van der Waals surface area contributed by atoms with Gasteiger partial charge in [0.1, 0.15) is 12.4 Å². The van der Waals surface area contributed by atoms with Crippen molar-refractivity contribution in [1.29, 1.82) is 0 Å². The molecule has 1 aromatic heterocycles. The van der Waals surface area contributed by atoms with Gasteiger partial charge in [-0.15, -0.1) is 11.3 Å². The molecule has 0 bridgehead atoms. The molecule has 3 rings (SSSR count). The van der Waals surface area contributed by atoms with E-state index < -0.39 is 0 Å². The molecule has 0 spiro atoms. The van der Waals surface area contributed by atoms with E-state index in [1.807, 2.05) is 0 Å². The fourth-order valence-electron chi connectivity index (χ4n) is 1.97. The third kappa shape index (κ3) is 2.42. The largest absolute Gasteiger partial charge is 0.491 e. The molecule has 1 N–H and O–H groups in total. The quantitative estimate of drug-likeness (QED) is 0.868. The topological polar surface area (TPSA) is 55.4 Å². The van der Waals surface area contributed by atoms with Crippen LogP contribution in [0, 0.1) is 0 Å². The molecule has 0 atom stereocenters. The van der Waals surface area contributed by atoms with Gasteiger partial charge in [-0.25, -0.2) is 0 Å². The molecule has 2 aromatic rings. The van der Waals surface area contributed by atoms with E-state index in [1.165, 1.54) is 11.3 Å². The van der Waals surface area contributed by atoms with Crippen LogP contribution in [-0.2, 0) is 0 Å². The zero-order chi connectivity index (χ0) is 14.1. The summed E-state index contributed by atoms with van der Waals surface area (Å²) in [5.74, 6) is 0.124. The van der Waals surface area contributed by atoms with Gasteiger partial charge >= 0.3 is 0 Å². The van der Waals surface area contributed by atoms with Gasteiger partial charge in [-0.1, -0.05) is 11.6 Å². The number of hydrogen-bond acceptors (Lipinski definition) is 4. The molecule has 1 aliphatic rings. The Kier molecular flexibility index (Phi) is 3.46. The predicted octanol–water partition coefficient (Wildman–Crippen LogP) is 2.75. The first-order valence-electron chi connectivity index (χ1n) is 6.00. The molecule has 102 valence electrons. The fraction of sp³-hybridized carbons (Fsp3) is 0.143. The lowest BCUT2D eigenvalue weighted by molar-refractivity contribution is 0.0957. The Morgan fingerprint density at radius 2 is 2.15 bits per heavy atom. The van der Waals surface area contributed by atoms with Gasteiger partial charge in [0, 0.05) is 5.56 Å². The number of hydrogen-bond donors (Lipinski definition) is 1. The minimum atomic E-state index is -0.226. The highest BCUT2D eigenvalue weighted by molar-refractivity contribution is 7.18. The van der Waals surface area contributed by atoms with Gasteiger partial charge in [0.2, 0.25) is 5.78 Å². The van der Waals surface area contributed by atoms with Crippen molar-refractivity contribution in [1.82, 2.24) is 5.32 Å². The monoisotopic (exact) mass is 307 g/mol. The van der Waals surface area contributed by atoms with Gasteiger partial charge in [-0.3, -0.25) is 9.59 Å². The second-order valence-corrected chi connectivity index (χ2v) is 5.96. The van der Waals surface area contributed by atoms with Gasteiger partial charge in [0.05, 0.1) is 21.3 Å². The lowest BCUT2D eigenvalue weighted by Gasteiger charge is -2.06. The molecule has 0 saturated carbocycles. The molecule has 1 aliphatic heterocycles. The van der Waals surface area contributed by atoms with Gasteiger partial charge in [-0.2, -0.15) is 0 Å². The van der Waals surface area contributed by atoms with Crippen molar-refractivity contribution in [2.75, 3.05) is 13.2 Å². The van der Waals surface area contributed by atoms with Crippen molar-refractivity contribution in [3.05, 3.63) is 50.7 Å². The first-order chi connectivity index (χ1) is 9.65. The average molecular weight is 308 g/mol. The Labute approximate surface area is 124 Å². The highest BCUT2D eigenvalue weighted by atomic mass is 35.5. The van der Waals surface area contributed by atoms with Crippen LogP contribution in [0.25, 0.3) is 0 Å². The number of ketones is 1. The van der Waals surface area contributed by atoms with Crippen LogP contribution in [-0.4, -0.2) is 24.8 Å². The summed E-state index contributed by atoms with van der Waals surface area (Å²) >= 11 is 7.05. The molecule has 2 heterocycles. The zero-order valence-corrected chi connectivity index (χ0v) is 11.9. The zero-order valence-electron chi connectivity index (χ0n) is 10.3. The average Bonchev–Trinajstić information content (AvgIpc) is 2.80.